The standard InChI is InChI=1S/C27H26N2O2S/c1-18(2)28-26(30)22-12-13-24-23(16-22)29(17-21-11-7-8-19(3)14-21)27(31)25(32-24)15-20-9-5-4-6-10-20/h4-16,18H,17H2,1-3H3,(H,28,30)/b25-15-. The van der Waals surface area contributed by atoms with E-state index >= 15 is 0 Å². The second kappa shape index (κ2) is 9.45. The molecule has 0 aromatic heterocycles. The highest BCUT2D eigenvalue weighted by atomic mass is 32.2. The van der Waals surface area contributed by atoms with Gasteiger partial charge in [0.25, 0.3) is 11.8 Å². The van der Waals surface area contributed by atoms with E-state index in [2.05, 4.69) is 11.4 Å². The first kappa shape index (κ1) is 21.9. The molecule has 4 rings (SSSR count). The number of anilines is 1. The van der Waals surface area contributed by atoms with Crippen LogP contribution in [0.2, 0.25) is 0 Å². The summed E-state index contributed by atoms with van der Waals surface area (Å²) in [5, 5.41) is 2.93. The van der Waals surface area contributed by atoms with Crippen molar-refractivity contribution in [1.29, 1.82) is 0 Å². The lowest BCUT2D eigenvalue weighted by molar-refractivity contribution is -0.114. The van der Waals surface area contributed by atoms with Crippen LogP contribution in [0.1, 0.15) is 40.9 Å². The van der Waals surface area contributed by atoms with E-state index in [9.17, 15) is 9.59 Å². The van der Waals surface area contributed by atoms with Crippen molar-refractivity contribution in [3.05, 3.63) is 100.0 Å². The molecule has 0 unspecified atom stereocenters. The minimum Gasteiger partial charge on any atom is -0.350 e. The van der Waals surface area contributed by atoms with Gasteiger partial charge in [-0.05, 0) is 56.2 Å². The molecule has 162 valence electrons. The number of benzene rings is 3. The summed E-state index contributed by atoms with van der Waals surface area (Å²) in [5.41, 5.74) is 4.49. The Hall–Kier alpha value is -3.31. The van der Waals surface area contributed by atoms with Gasteiger partial charge in [0.15, 0.2) is 0 Å². The lowest BCUT2D eigenvalue weighted by Crippen LogP contribution is -2.34. The Balaban J connectivity index is 1.76. The highest BCUT2D eigenvalue weighted by molar-refractivity contribution is 8.04. The first-order valence-corrected chi connectivity index (χ1v) is 11.5. The minimum atomic E-state index is -0.138. The normalized spacial score (nSPS) is 14.6. The molecule has 0 radical (unpaired) electrons. The molecule has 1 aliphatic rings. The van der Waals surface area contributed by atoms with Gasteiger partial charge in [0.1, 0.15) is 0 Å². The predicted octanol–water partition coefficient (Wildman–Crippen LogP) is 5.81. The molecule has 0 spiro atoms. The first-order chi connectivity index (χ1) is 15.4. The maximum Gasteiger partial charge on any atom is 0.265 e. The Morgan fingerprint density at radius 3 is 2.53 bits per heavy atom. The summed E-state index contributed by atoms with van der Waals surface area (Å²) >= 11 is 1.45. The number of nitrogens with zero attached hydrogens (tertiary/aromatic N) is 1. The number of fused-ring (bicyclic) bond motifs is 1. The molecule has 0 bridgehead atoms. The summed E-state index contributed by atoms with van der Waals surface area (Å²) in [5.74, 6) is -0.198. The smallest absolute Gasteiger partial charge is 0.265 e. The number of rotatable bonds is 5. The lowest BCUT2D eigenvalue weighted by atomic mass is 10.1. The third-order valence-electron chi connectivity index (χ3n) is 5.13. The SMILES string of the molecule is Cc1cccc(CN2C(=O)/C(=C/c3ccccc3)Sc3ccc(C(=O)NC(C)C)cc32)c1. The van der Waals surface area contributed by atoms with Gasteiger partial charge in [-0.1, -0.05) is 71.9 Å². The zero-order valence-electron chi connectivity index (χ0n) is 18.5. The van der Waals surface area contributed by atoms with Crippen LogP contribution in [0.3, 0.4) is 0 Å². The van der Waals surface area contributed by atoms with Crippen molar-refractivity contribution < 1.29 is 9.59 Å². The third kappa shape index (κ3) is 4.94. The van der Waals surface area contributed by atoms with Crippen molar-refractivity contribution in [3.8, 4) is 0 Å². The molecule has 2 amide bonds. The molecule has 1 aliphatic heterocycles. The molecule has 0 saturated carbocycles. The average molecular weight is 443 g/mol. The number of amides is 2. The molecule has 4 nitrogen and oxygen atoms in total. The Morgan fingerprint density at radius 1 is 1.03 bits per heavy atom. The monoisotopic (exact) mass is 442 g/mol. The Bertz CT molecular complexity index is 1190. The van der Waals surface area contributed by atoms with Gasteiger partial charge in [-0.2, -0.15) is 0 Å². The fraction of sp³-hybridized carbons (Fsp3) is 0.185. The zero-order valence-corrected chi connectivity index (χ0v) is 19.3. The summed E-state index contributed by atoms with van der Waals surface area (Å²) in [6, 6.07) is 23.6. The van der Waals surface area contributed by atoms with E-state index in [0.717, 1.165) is 27.3 Å². The molecular formula is C27H26N2O2S. The maximum absolute atomic E-state index is 13.6. The Labute approximate surface area is 193 Å². The quantitative estimate of drug-likeness (QED) is 0.507. The predicted molar refractivity (Wildman–Crippen MR) is 132 cm³/mol. The number of hydrogen-bond donors (Lipinski definition) is 1. The van der Waals surface area contributed by atoms with Crippen molar-refractivity contribution in [2.45, 2.75) is 38.3 Å². The number of thioether (sulfide) groups is 1. The number of hydrogen-bond acceptors (Lipinski definition) is 3. The first-order valence-electron chi connectivity index (χ1n) is 10.7. The molecule has 0 atom stereocenters. The fourth-order valence-corrected chi connectivity index (χ4v) is 4.69. The van der Waals surface area contributed by atoms with Crippen LogP contribution in [0.15, 0.2) is 82.6 Å². The number of carbonyl (C=O) groups is 2. The number of nitrogens with one attached hydrogen (secondary N) is 1. The summed E-state index contributed by atoms with van der Waals surface area (Å²) in [4.78, 5) is 29.6. The highest BCUT2D eigenvalue weighted by Gasteiger charge is 2.30. The zero-order chi connectivity index (χ0) is 22.7. The van der Waals surface area contributed by atoms with E-state index in [0.29, 0.717) is 17.0 Å². The van der Waals surface area contributed by atoms with E-state index in [4.69, 9.17) is 0 Å². The second-order valence-corrected chi connectivity index (χ2v) is 9.30. The van der Waals surface area contributed by atoms with Crippen molar-refractivity contribution in [1.82, 2.24) is 5.32 Å². The molecule has 32 heavy (non-hydrogen) atoms. The van der Waals surface area contributed by atoms with E-state index in [-0.39, 0.29) is 17.9 Å². The molecule has 1 N–H and O–H groups in total. The van der Waals surface area contributed by atoms with Crippen LogP contribution >= 0.6 is 11.8 Å². The Kier molecular flexibility index (Phi) is 6.47. The van der Waals surface area contributed by atoms with Crippen molar-refractivity contribution in [2.24, 2.45) is 0 Å². The van der Waals surface area contributed by atoms with Gasteiger partial charge in [-0.15, -0.1) is 0 Å². The van der Waals surface area contributed by atoms with Crippen molar-refractivity contribution in [3.63, 3.8) is 0 Å². The van der Waals surface area contributed by atoms with Gasteiger partial charge in [0.2, 0.25) is 0 Å². The van der Waals surface area contributed by atoms with Gasteiger partial charge >= 0.3 is 0 Å². The van der Waals surface area contributed by atoms with Crippen LogP contribution < -0.4 is 10.2 Å². The van der Waals surface area contributed by atoms with E-state index in [1.165, 1.54) is 11.8 Å². The van der Waals surface area contributed by atoms with Crippen LogP contribution in [0.4, 0.5) is 5.69 Å². The molecular weight excluding hydrogens is 416 g/mol. The summed E-state index contributed by atoms with van der Waals surface area (Å²) in [6.07, 6.45) is 1.93. The van der Waals surface area contributed by atoms with Gasteiger partial charge in [-0.25, -0.2) is 0 Å². The topological polar surface area (TPSA) is 49.4 Å². The molecule has 0 fully saturated rings. The molecule has 3 aromatic carbocycles. The van der Waals surface area contributed by atoms with Crippen LogP contribution in [-0.2, 0) is 11.3 Å². The number of aryl methyl sites for hydroxylation is 1. The third-order valence-corrected chi connectivity index (χ3v) is 6.21. The van der Waals surface area contributed by atoms with Crippen LogP contribution in [0.5, 0.6) is 0 Å². The molecule has 5 heteroatoms. The van der Waals surface area contributed by atoms with Gasteiger partial charge in [0, 0.05) is 16.5 Å². The lowest BCUT2D eigenvalue weighted by Gasteiger charge is -2.31. The molecule has 0 aliphatic carbocycles. The highest BCUT2D eigenvalue weighted by Crippen LogP contribution is 2.43. The van der Waals surface area contributed by atoms with Gasteiger partial charge < -0.3 is 10.2 Å². The molecule has 3 aromatic rings. The number of carbonyl (C=O) groups excluding carboxylic acids is 2. The summed E-state index contributed by atoms with van der Waals surface area (Å²) in [7, 11) is 0. The largest absolute Gasteiger partial charge is 0.350 e. The van der Waals surface area contributed by atoms with Gasteiger partial charge in [0.05, 0.1) is 17.1 Å². The van der Waals surface area contributed by atoms with Crippen molar-refractivity contribution >= 4 is 35.3 Å². The Morgan fingerprint density at radius 2 is 1.81 bits per heavy atom. The van der Waals surface area contributed by atoms with Crippen LogP contribution in [0.25, 0.3) is 6.08 Å². The molecule has 1 heterocycles. The van der Waals surface area contributed by atoms with Gasteiger partial charge in [-0.3, -0.25) is 9.59 Å². The van der Waals surface area contributed by atoms with Crippen LogP contribution in [0, 0.1) is 6.92 Å². The van der Waals surface area contributed by atoms with E-state index in [1.54, 1.807) is 4.90 Å². The molecule has 0 saturated heterocycles. The summed E-state index contributed by atoms with van der Waals surface area (Å²) in [6.45, 7) is 6.34. The van der Waals surface area contributed by atoms with Crippen LogP contribution in [-0.4, -0.2) is 17.9 Å². The maximum atomic E-state index is 13.6. The van der Waals surface area contributed by atoms with E-state index < -0.39 is 0 Å². The minimum absolute atomic E-state index is 0.0401. The van der Waals surface area contributed by atoms with E-state index in [1.807, 2.05) is 93.6 Å². The average Bonchev–Trinajstić information content (AvgIpc) is 2.76. The summed E-state index contributed by atoms with van der Waals surface area (Å²) < 4.78 is 0. The fourth-order valence-electron chi connectivity index (χ4n) is 3.65. The van der Waals surface area contributed by atoms with Crippen molar-refractivity contribution in [2.75, 3.05) is 4.90 Å². The second-order valence-electron chi connectivity index (χ2n) is 8.21.